The van der Waals surface area contributed by atoms with Crippen molar-refractivity contribution < 1.29 is 4.79 Å². The lowest BCUT2D eigenvalue weighted by Gasteiger charge is -2.34. The van der Waals surface area contributed by atoms with Gasteiger partial charge < -0.3 is 10.2 Å². The number of nitrogens with one attached hydrogen (secondary N) is 1. The highest BCUT2D eigenvalue weighted by molar-refractivity contribution is 5.92. The second-order valence-electron chi connectivity index (χ2n) is 6.07. The van der Waals surface area contributed by atoms with E-state index in [-0.39, 0.29) is 11.9 Å². The summed E-state index contributed by atoms with van der Waals surface area (Å²) >= 11 is 0. The molecule has 1 amide bonds. The molecule has 1 aliphatic heterocycles. The topological polar surface area (TPSA) is 75.9 Å². The highest BCUT2D eigenvalue weighted by Gasteiger charge is 2.24. The van der Waals surface area contributed by atoms with Crippen molar-refractivity contribution >= 4 is 11.7 Å². The molecule has 1 atom stereocenters. The molecular weight excluding hydrogens is 292 g/mol. The Labute approximate surface area is 135 Å². The maximum Gasteiger partial charge on any atom is 0.271 e. The van der Waals surface area contributed by atoms with Gasteiger partial charge in [0.15, 0.2) is 0 Å². The number of carbonyl (C=O) groups is 1. The molecule has 0 bridgehead atoms. The minimum absolute atomic E-state index is 0.106. The summed E-state index contributed by atoms with van der Waals surface area (Å²) in [6.07, 6.45) is 5.14. The van der Waals surface area contributed by atoms with E-state index in [9.17, 15) is 4.79 Å². The smallest absolute Gasteiger partial charge is 0.271 e. The van der Waals surface area contributed by atoms with Crippen LogP contribution < -0.4 is 10.2 Å². The number of aromatic nitrogens is 4. The van der Waals surface area contributed by atoms with Crippen molar-refractivity contribution in [3.63, 3.8) is 0 Å². The first kappa shape index (κ1) is 15.5. The highest BCUT2D eigenvalue weighted by Crippen LogP contribution is 2.20. The first-order valence-corrected chi connectivity index (χ1v) is 7.88. The van der Waals surface area contributed by atoms with Gasteiger partial charge >= 0.3 is 0 Å². The number of aryl methyl sites for hydroxylation is 3. The number of amides is 1. The predicted molar refractivity (Wildman–Crippen MR) is 87.4 cm³/mol. The van der Waals surface area contributed by atoms with E-state index in [0.29, 0.717) is 5.69 Å². The SMILES string of the molecule is Cc1cnc(C(=O)NC2CCCN(c3cc(C)nn3C)C2)cn1. The van der Waals surface area contributed by atoms with Crippen LogP contribution in [0.15, 0.2) is 18.5 Å². The molecule has 2 aromatic heterocycles. The summed E-state index contributed by atoms with van der Waals surface area (Å²) in [6, 6.07) is 2.19. The maximum atomic E-state index is 12.3. The molecule has 2 aromatic rings. The van der Waals surface area contributed by atoms with E-state index in [1.54, 1.807) is 6.20 Å². The molecular formula is C16H22N6O. The Morgan fingerprint density at radius 2 is 2.09 bits per heavy atom. The molecule has 1 saturated heterocycles. The fourth-order valence-corrected chi connectivity index (χ4v) is 2.97. The summed E-state index contributed by atoms with van der Waals surface area (Å²) in [5.41, 5.74) is 2.17. The number of piperidine rings is 1. The molecule has 1 N–H and O–H groups in total. The van der Waals surface area contributed by atoms with Crippen LogP contribution >= 0.6 is 0 Å². The van der Waals surface area contributed by atoms with Gasteiger partial charge in [-0.05, 0) is 26.7 Å². The number of hydrogen-bond donors (Lipinski definition) is 1. The average Bonchev–Trinajstić information content (AvgIpc) is 2.87. The van der Waals surface area contributed by atoms with Crippen LogP contribution in [0.5, 0.6) is 0 Å². The highest BCUT2D eigenvalue weighted by atomic mass is 16.2. The number of nitrogens with zero attached hydrogens (tertiary/aromatic N) is 5. The standard InChI is InChI=1S/C16H22N6O/c1-11-7-15(21(3)20-11)22-6-4-5-13(10-22)19-16(23)14-9-17-12(2)8-18-14/h7-9,13H,4-6,10H2,1-3H3,(H,19,23). The van der Waals surface area contributed by atoms with Gasteiger partial charge in [-0.15, -0.1) is 0 Å². The van der Waals surface area contributed by atoms with Crippen molar-refractivity contribution in [3.8, 4) is 0 Å². The Balaban J connectivity index is 1.65. The quantitative estimate of drug-likeness (QED) is 0.922. The lowest BCUT2D eigenvalue weighted by molar-refractivity contribution is 0.0927. The summed E-state index contributed by atoms with van der Waals surface area (Å²) < 4.78 is 1.89. The Bertz CT molecular complexity index is 693. The zero-order valence-electron chi connectivity index (χ0n) is 13.8. The monoisotopic (exact) mass is 314 g/mol. The Morgan fingerprint density at radius 3 is 2.74 bits per heavy atom. The van der Waals surface area contributed by atoms with Crippen molar-refractivity contribution in [1.82, 2.24) is 25.1 Å². The number of anilines is 1. The molecule has 1 aliphatic rings. The van der Waals surface area contributed by atoms with Gasteiger partial charge in [-0.1, -0.05) is 0 Å². The molecule has 0 radical (unpaired) electrons. The first-order chi connectivity index (χ1) is 11.0. The van der Waals surface area contributed by atoms with Crippen LogP contribution in [0.4, 0.5) is 5.82 Å². The molecule has 0 saturated carbocycles. The van der Waals surface area contributed by atoms with E-state index in [1.807, 2.05) is 25.6 Å². The molecule has 1 fully saturated rings. The second-order valence-corrected chi connectivity index (χ2v) is 6.07. The third kappa shape index (κ3) is 3.49. The van der Waals surface area contributed by atoms with Crippen molar-refractivity contribution in [1.29, 1.82) is 0 Å². The largest absolute Gasteiger partial charge is 0.355 e. The van der Waals surface area contributed by atoms with E-state index in [1.165, 1.54) is 6.20 Å². The van der Waals surface area contributed by atoms with Gasteiger partial charge in [-0.25, -0.2) is 4.98 Å². The second kappa shape index (κ2) is 6.36. The van der Waals surface area contributed by atoms with E-state index < -0.39 is 0 Å². The van der Waals surface area contributed by atoms with Crippen LogP contribution in [0.25, 0.3) is 0 Å². The summed E-state index contributed by atoms with van der Waals surface area (Å²) in [7, 11) is 1.95. The number of rotatable bonds is 3. The molecule has 7 nitrogen and oxygen atoms in total. The van der Waals surface area contributed by atoms with Gasteiger partial charge in [-0.2, -0.15) is 5.10 Å². The summed E-state index contributed by atoms with van der Waals surface area (Å²) in [5, 5.41) is 7.47. The van der Waals surface area contributed by atoms with Gasteiger partial charge in [-0.3, -0.25) is 14.5 Å². The molecule has 3 rings (SSSR count). The third-order valence-electron chi connectivity index (χ3n) is 4.07. The van der Waals surface area contributed by atoms with Crippen molar-refractivity contribution in [2.24, 2.45) is 7.05 Å². The molecule has 122 valence electrons. The minimum atomic E-state index is -0.162. The van der Waals surface area contributed by atoms with Gasteiger partial charge in [0.05, 0.1) is 17.6 Å². The van der Waals surface area contributed by atoms with Crippen molar-refractivity contribution in [3.05, 3.63) is 35.5 Å². The lowest BCUT2D eigenvalue weighted by atomic mass is 10.1. The van der Waals surface area contributed by atoms with Gasteiger partial charge in [0.1, 0.15) is 11.5 Å². The molecule has 3 heterocycles. The predicted octanol–water partition coefficient (Wildman–Crippen LogP) is 1.23. The van der Waals surface area contributed by atoms with Crippen LogP contribution in [0.2, 0.25) is 0 Å². The molecule has 23 heavy (non-hydrogen) atoms. The zero-order valence-corrected chi connectivity index (χ0v) is 13.8. The van der Waals surface area contributed by atoms with Crippen LogP contribution in [0.3, 0.4) is 0 Å². The average molecular weight is 314 g/mol. The summed E-state index contributed by atoms with van der Waals surface area (Å²) in [6.45, 7) is 5.60. The molecule has 0 aliphatic carbocycles. The van der Waals surface area contributed by atoms with E-state index in [2.05, 4.69) is 31.3 Å². The third-order valence-corrected chi connectivity index (χ3v) is 4.07. The summed E-state index contributed by atoms with van der Waals surface area (Å²) in [5.74, 6) is 0.933. The molecule has 7 heteroatoms. The lowest BCUT2D eigenvalue weighted by Crippen LogP contribution is -2.48. The van der Waals surface area contributed by atoms with Gasteiger partial charge in [0.2, 0.25) is 0 Å². The van der Waals surface area contributed by atoms with Crippen LogP contribution in [0, 0.1) is 13.8 Å². The van der Waals surface area contributed by atoms with Gasteiger partial charge in [0.25, 0.3) is 5.91 Å². The normalized spacial score (nSPS) is 18.0. The van der Waals surface area contributed by atoms with E-state index in [4.69, 9.17) is 0 Å². The maximum absolute atomic E-state index is 12.3. The molecule has 0 aromatic carbocycles. The first-order valence-electron chi connectivity index (χ1n) is 7.88. The van der Waals surface area contributed by atoms with E-state index in [0.717, 1.165) is 43.1 Å². The van der Waals surface area contributed by atoms with Crippen molar-refractivity contribution in [2.45, 2.75) is 32.7 Å². The zero-order chi connectivity index (χ0) is 16.4. The minimum Gasteiger partial charge on any atom is -0.355 e. The van der Waals surface area contributed by atoms with E-state index >= 15 is 0 Å². The van der Waals surface area contributed by atoms with Crippen LogP contribution in [-0.2, 0) is 7.05 Å². The van der Waals surface area contributed by atoms with Gasteiger partial charge in [0, 0.05) is 38.4 Å². The molecule has 0 spiro atoms. The number of hydrogen-bond acceptors (Lipinski definition) is 5. The van der Waals surface area contributed by atoms with Crippen LogP contribution in [-0.4, -0.2) is 44.8 Å². The fourth-order valence-electron chi connectivity index (χ4n) is 2.97. The van der Waals surface area contributed by atoms with Crippen LogP contribution in [0.1, 0.15) is 34.7 Å². The Kier molecular flexibility index (Phi) is 4.27. The Hall–Kier alpha value is -2.44. The van der Waals surface area contributed by atoms with Crippen molar-refractivity contribution in [2.75, 3.05) is 18.0 Å². The number of carbonyl (C=O) groups excluding carboxylic acids is 1. The molecule has 1 unspecified atom stereocenters. The Morgan fingerprint density at radius 1 is 1.26 bits per heavy atom. The fraction of sp³-hybridized carbons (Fsp3) is 0.500. The summed E-state index contributed by atoms with van der Waals surface area (Å²) in [4.78, 5) is 22.8.